The number of aromatic hydroxyl groups is 1. The van der Waals surface area contributed by atoms with Crippen LogP contribution in [0.3, 0.4) is 0 Å². The first-order valence-corrected chi connectivity index (χ1v) is 8.16. The van der Waals surface area contributed by atoms with Crippen LogP contribution in [0.2, 0.25) is 0 Å². The van der Waals surface area contributed by atoms with Gasteiger partial charge in [0.1, 0.15) is 11.3 Å². The molecule has 1 heterocycles. The summed E-state index contributed by atoms with van der Waals surface area (Å²) in [4.78, 5) is 16.3. The van der Waals surface area contributed by atoms with Crippen LogP contribution < -0.4 is 9.80 Å². The molecule has 1 N–H and O–H groups in total. The van der Waals surface area contributed by atoms with Gasteiger partial charge in [0, 0.05) is 5.69 Å². The van der Waals surface area contributed by atoms with Gasteiger partial charge < -0.3 is 10.0 Å². The van der Waals surface area contributed by atoms with Gasteiger partial charge in [-0.1, -0.05) is 0 Å². The van der Waals surface area contributed by atoms with E-state index >= 15 is 0 Å². The number of thiocarbonyl (C=S) groups is 1. The van der Waals surface area contributed by atoms with Gasteiger partial charge in [0.2, 0.25) is 0 Å². The Morgan fingerprint density at radius 2 is 1.72 bits per heavy atom. The Morgan fingerprint density at radius 1 is 1.12 bits per heavy atom. The van der Waals surface area contributed by atoms with E-state index in [1.165, 1.54) is 4.90 Å². The molecular weight excluding hydrogens is 334 g/mol. The molecule has 5 nitrogen and oxygen atoms in total. The topological polar surface area (TPSA) is 67.6 Å². The highest BCUT2D eigenvalue weighted by molar-refractivity contribution is 7.81. The molecule has 6 heteroatoms. The highest BCUT2D eigenvalue weighted by Gasteiger charge is 2.50. The lowest BCUT2D eigenvalue weighted by Gasteiger charge is -2.29. The number of carbonyl (C=O) groups is 1. The molecule has 1 aliphatic heterocycles. The SMILES string of the molecule is Cc1cc(N2C(=O)C(C)(C)N(c3ccc(O)cc3)C2=S)ccc1C#N. The quantitative estimate of drug-likeness (QED) is 0.839. The third-order valence-electron chi connectivity index (χ3n) is 4.36. The molecule has 1 saturated heterocycles. The molecule has 0 atom stereocenters. The zero-order valence-electron chi connectivity index (χ0n) is 14.1. The molecule has 0 spiro atoms. The van der Waals surface area contributed by atoms with Gasteiger partial charge in [0.15, 0.2) is 5.11 Å². The fraction of sp³-hybridized carbons (Fsp3) is 0.211. The number of carbonyl (C=O) groups excluding carboxylic acids is 1. The Morgan fingerprint density at radius 3 is 2.28 bits per heavy atom. The zero-order valence-corrected chi connectivity index (χ0v) is 15.0. The average molecular weight is 351 g/mol. The third-order valence-corrected chi connectivity index (χ3v) is 4.73. The number of nitriles is 1. The van der Waals surface area contributed by atoms with Crippen LogP contribution >= 0.6 is 12.2 Å². The van der Waals surface area contributed by atoms with Crippen LogP contribution in [0, 0.1) is 18.3 Å². The van der Waals surface area contributed by atoms with Crippen LogP contribution in [0.5, 0.6) is 5.75 Å². The van der Waals surface area contributed by atoms with Crippen LogP contribution in [-0.2, 0) is 4.79 Å². The smallest absolute Gasteiger partial charge is 0.259 e. The predicted molar refractivity (Wildman–Crippen MR) is 101 cm³/mol. The Hall–Kier alpha value is -2.91. The van der Waals surface area contributed by atoms with Crippen molar-refractivity contribution < 1.29 is 9.90 Å². The maximum atomic E-state index is 13.0. The zero-order chi connectivity index (χ0) is 18.4. The second-order valence-electron chi connectivity index (χ2n) is 6.44. The van der Waals surface area contributed by atoms with Crippen molar-refractivity contribution in [1.29, 1.82) is 5.26 Å². The molecule has 0 aliphatic carbocycles. The van der Waals surface area contributed by atoms with Gasteiger partial charge >= 0.3 is 0 Å². The first-order chi connectivity index (χ1) is 11.8. The van der Waals surface area contributed by atoms with E-state index in [1.54, 1.807) is 47.4 Å². The fourth-order valence-electron chi connectivity index (χ4n) is 2.97. The summed E-state index contributed by atoms with van der Waals surface area (Å²) >= 11 is 5.59. The first-order valence-electron chi connectivity index (χ1n) is 7.76. The van der Waals surface area contributed by atoms with Gasteiger partial charge in [-0.15, -0.1) is 0 Å². The van der Waals surface area contributed by atoms with Crippen molar-refractivity contribution in [3.8, 4) is 11.8 Å². The number of amides is 1. The second kappa shape index (κ2) is 5.87. The molecule has 126 valence electrons. The molecule has 0 aromatic heterocycles. The summed E-state index contributed by atoms with van der Waals surface area (Å²) in [6.45, 7) is 5.45. The minimum Gasteiger partial charge on any atom is -0.508 e. The van der Waals surface area contributed by atoms with Crippen LogP contribution in [0.4, 0.5) is 11.4 Å². The van der Waals surface area contributed by atoms with Crippen LogP contribution in [0.15, 0.2) is 42.5 Å². The second-order valence-corrected chi connectivity index (χ2v) is 6.81. The van der Waals surface area contributed by atoms with Crippen molar-refractivity contribution in [2.24, 2.45) is 0 Å². The lowest BCUT2D eigenvalue weighted by Crippen LogP contribution is -2.44. The van der Waals surface area contributed by atoms with E-state index in [2.05, 4.69) is 6.07 Å². The van der Waals surface area contributed by atoms with Gasteiger partial charge in [-0.2, -0.15) is 5.26 Å². The van der Waals surface area contributed by atoms with Crippen molar-refractivity contribution >= 4 is 34.6 Å². The predicted octanol–water partition coefficient (Wildman–Crippen LogP) is 3.49. The maximum Gasteiger partial charge on any atom is 0.259 e. The molecule has 1 fully saturated rings. The lowest BCUT2D eigenvalue weighted by molar-refractivity contribution is -0.120. The molecule has 2 aromatic carbocycles. The average Bonchev–Trinajstić information content (AvgIpc) is 2.74. The molecule has 3 rings (SSSR count). The monoisotopic (exact) mass is 351 g/mol. The lowest BCUT2D eigenvalue weighted by atomic mass is 10.0. The van der Waals surface area contributed by atoms with Gasteiger partial charge in [0.05, 0.1) is 17.3 Å². The molecule has 0 unspecified atom stereocenters. The molecular formula is C19H17N3O2S. The molecule has 0 saturated carbocycles. The van der Waals surface area contributed by atoms with E-state index in [0.29, 0.717) is 16.4 Å². The van der Waals surface area contributed by atoms with Gasteiger partial charge in [0.25, 0.3) is 5.91 Å². The number of phenolic OH excluding ortho intramolecular Hbond substituents is 1. The Balaban J connectivity index is 2.07. The van der Waals surface area contributed by atoms with Crippen molar-refractivity contribution in [2.45, 2.75) is 26.3 Å². The van der Waals surface area contributed by atoms with E-state index in [-0.39, 0.29) is 11.7 Å². The first kappa shape index (κ1) is 16.9. The maximum absolute atomic E-state index is 13.0. The van der Waals surface area contributed by atoms with Crippen molar-refractivity contribution in [3.05, 3.63) is 53.6 Å². The van der Waals surface area contributed by atoms with E-state index in [4.69, 9.17) is 17.5 Å². The van der Waals surface area contributed by atoms with Crippen LogP contribution in [0.1, 0.15) is 25.0 Å². The summed E-state index contributed by atoms with van der Waals surface area (Å²) in [5, 5.41) is 19.0. The summed E-state index contributed by atoms with van der Waals surface area (Å²) < 4.78 is 0. The highest BCUT2D eigenvalue weighted by Crippen LogP contribution is 2.37. The van der Waals surface area contributed by atoms with Crippen molar-refractivity contribution in [2.75, 3.05) is 9.80 Å². The summed E-state index contributed by atoms with van der Waals surface area (Å²) in [5.41, 5.74) is 1.86. The number of nitrogens with zero attached hydrogens (tertiary/aromatic N) is 3. The largest absolute Gasteiger partial charge is 0.508 e. The van der Waals surface area contributed by atoms with E-state index < -0.39 is 5.54 Å². The highest BCUT2D eigenvalue weighted by atomic mass is 32.1. The minimum absolute atomic E-state index is 0.144. The Labute approximate surface area is 151 Å². The normalized spacial score (nSPS) is 16.2. The standard InChI is InChI=1S/C19H17N3O2S/c1-12-10-15(5-4-13(12)11-20)21-17(24)19(2,3)22(18(21)25)14-6-8-16(23)9-7-14/h4-10,23H,1-3H3. The molecule has 2 aromatic rings. The minimum atomic E-state index is -0.865. The van der Waals surface area contributed by atoms with Crippen LogP contribution in [0.25, 0.3) is 0 Å². The fourth-order valence-corrected chi connectivity index (χ4v) is 3.49. The van der Waals surface area contributed by atoms with E-state index in [0.717, 1.165) is 11.3 Å². The van der Waals surface area contributed by atoms with Gasteiger partial charge in [-0.05, 0) is 81.0 Å². The van der Waals surface area contributed by atoms with E-state index in [9.17, 15) is 9.90 Å². The number of anilines is 2. The Bertz CT molecular complexity index is 913. The molecule has 0 radical (unpaired) electrons. The molecule has 25 heavy (non-hydrogen) atoms. The van der Waals surface area contributed by atoms with Gasteiger partial charge in [-0.25, -0.2) is 0 Å². The van der Waals surface area contributed by atoms with Crippen LogP contribution in [-0.4, -0.2) is 21.7 Å². The number of rotatable bonds is 2. The number of benzene rings is 2. The number of hydrogen-bond donors (Lipinski definition) is 1. The summed E-state index contributed by atoms with van der Waals surface area (Å²) in [6, 6.07) is 13.9. The third kappa shape index (κ3) is 2.63. The number of hydrogen-bond acceptors (Lipinski definition) is 4. The summed E-state index contributed by atoms with van der Waals surface area (Å²) in [7, 11) is 0. The summed E-state index contributed by atoms with van der Waals surface area (Å²) in [5.74, 6) is 0.00672. The molecule has 1 aliphatic rings. The van der Waals surface area contributed by atoms with Crippen molar-refractivity contribution in [3.63, 3.8) is 0 Å². The van der Waals surface area contributed by atoms with Crippen molar-refractivity contribution in [1.82, 2.24) is 0 Å². The Kier molecular flexibility index (Phi) is 3.97. The number of aryl methyl sites for hydroxylation is 1. The molecule has 1 amide bonds. The van der Waals surface area contributed by atoms with E-state index in [1.807, 2.05) is 20.8 Å². The van der Waals surface area contributed by atoms with Gasteiger partial charge in [-0.3, -0.25) is 9.69 Å². The number of phenols is 1. The molecule has 0 bridgehead atoms. The summed E-state index contributed by atoms with van der Waals surface area (Å²) in [6.07, 6.45) is 0.